The van der Waals surface area contributed by atoms with Crippen molar-refractivity contribution < 1.29 is 14.3 Å². The van der Waals surface area contributed by atoms with Crippen LogP contribution in [0, 0.1) is 0 Å². The highest BCUT2D eigenvalue weighted by Gasteiger charge is 2.26. The van der Waals surface area contributed by atoms with Crippen molar-refractivity contribution in [2.24, 2.45) is 0 Å². The minimum atomic E-state index is 0.0609. The minimum absolute atomic E-state index is 0.0609. The van der Waals surface area contributed by atoms with E-state index >= 15 is 0 Å². The van der Waals surface area contributed by atoms with Gasteiger partial charge in [0, 0.05) is 35.8 Å². The van der Waals surface area contributed by atoms with E-state index in [9.17, 15) is 4.79 Å². The van der Waals surface area contributed by atoms with Gasteiger partial charge in [-0.3, -0.25) is 4.79 Å². The number of likely N-dealkylation sites (tertiary alicyclic amines) is 1. The van der Waals surface area contributed by atoms with Gasteiger partial charge in [-0.25, -0.2) is 0 Å². The fraction of sp³-hybridized carbons (Fsp3) is 0.400. The average molecular weight is 407 g/mol. The van der Waals surface area contributed by atoms with E-state index in [0.717, 1.165) is 38.8 Å². The lowest BCUT2D eigenvalue weighted by Crippen LogP contribution is -2.37. The van der Waals surface area contributed by atoms with Gasteiger partial charge in [0.05, 0.1) is 13.7 Å². The number of nitrogens with one attached hydrogen (secondary N) is 1. The number of fused-ring (bicyclic) bond motifs is 1. The van der Waals surface area contributed by atoms with E-state index in [2.05, 4.69) is 42.4 Å². The summed E-state index contributed by atoms with van der Waals surface area (Å²) >= 11 is 0. The molecule has 0 saturated carbocycles. The molecule has 1 N–H and O–H groups in total. The Morgan fingerprint density at radius 3 is 2.70 bits per heavy atom. The lowest BCUT2D eigenvalue weighted by molar-refractivity contribution is 0.0713. The van der Waals surface area contributed by atoms with Crippen LogP contribution >= 0.6 is 0 Å². The largest absolute Gasteiger partial charge is 0.493 e. The number of hydrogen-bond donors (Lipinski definition) is 1. The Bertz CT molecular complexity index is 1000. The van der Waals surface area contributed by atoms with Crippen molar-refractivity contribution in [1.29, 1.82) is 0 Å². The predicted molar refractivity (Wildman–Crippen MR) is 120 cm³/mol. The van der Waals surface area contributed by atoms with Crippen molar-refractivity contribution >= 4 is 16.8 Å². The standard InChI is InChI=1S/C25H30N2O3/c1-3-4-15-30-23-10-9-19(16-24(23)29-2)25(28)27-13-11-18(12-14-27)21-17-26-22-8-6-5-7-20(21)22/h5-10,16-18,26H,3-4,11-15H2,1-2H3. The van der Waals surface area contributed by atoms with Crippen molar-refractivity contribution in [3.05, 3.63) is 59.8 Å². The van der Waals surface area contributed by atoms with Crippen LogP contribution in [0.2, 0.25) is 0 Å². The number of para-hydroxylation sites is 1. The highest BCUT2D eigenvalue weighted by molar-refractivity contribution is 5.95. The van der Waals surface area contributed by atoms with Gasteiger partial charge in [-0.2, -0.15) is 0 Å². The van der Waals surface area contributed by atoms with Gasteiger partial charge in [-0.15, -0.1) is 0 Å². The Labute approximate surface area is 178 Å². The molecule has 1 aromatic heterocycles. The van der Waals surface area contributed by atoms with Gasteiger partial charge in [-0.05, 0) is 55.0 Å². The Balaban J connectivity index is 1.41. The van der Waals surface area contributed by atoms with Crippen molar-refractivity contribution in [3.63, 3.8) is 0 Å². The maximum absolute atomic E-state index is 13.1. The van der Waals surface area contributed by atoms with Gasteiger partial charge in [0.15, 0.2) is 11.5 Å². The lowest BCUT2D eigenvalue weighted by atomic mass is 9.89. The van der Waals surface area contributed by atoms with Crippen molar-refractivity contribution in [3.8, 4) is 11.5 Å². The van der Waals surface area contributed by atoms with Crippen LogP contribution in [-0.2, 0) is 0 Å². The topological polar surface area (TPSA) is 54.6 Å². The minimum Gasteiger partial charge on any atom is -0.493 e. The fourth-order valence-electron chi connectivity index (χ4n) is 4.25. The number of aromatic amines is 1. The van der Waals surface area contributed by atoms with E-state index in [1.165, 1.54) is 16.5 Å². The summed E-state index contributed by atoms with van der Waals surface area (Å²) in [4.78, 5) is 18.4. The first-order valence-electron chi connectivity index (χ1n) is 10.9. The van der Waals surface area contributed by atoms with Crippen LogP contribution in [0.5, 0.6) is 11.5 Å². The highest BCUT2D eigenvalue weighted by atomic mass is 16.5. The Morgan fingerprint density at radius 1 is 1.13 bits per heavy atom. The van der Waals surface area contributed by atoms with E-state index in [0.29, 0.717) is 29.6 Å². The third-order valence-corrected chi connectivity index (χ3v) is 6.01. The van der Waals surface area contributed by atoms with Crippen LogP contribution in [0.15, 0.2) is 48.7 Å². The number of benzene rings is 2. The molecule has 0 bridgehead atoms. The number of nitrogens with zero attached hydrogens (tertiary/aromatic N) is 1. The first-order valence-corrected chi connectivity index (χ1v) is 10.9. The van der Waals surface area contributed by atoms with E-state index in [1.54, 1.807) is 13.2 Å². The molecule has 5 heteroatoms. The molecule has 30 heavy (non-hydrogen) atoms. The first kappa shape index (κ1) is 20.3. The molecule has 0 aliphatic carbocycles. The number of methoxy groups -OCH3 is 1. The fourth-order valence-corrected chi connectivity index (χ4v) is 4.25. The smallest absolute Gasteiger partial charge is 0.253 e. The summed E-state index contributed by atoms with van der Waals surface area (Å²) < 4.78 is 11.2. The summed E-state index contributed by atoms with van der Waals surface area (Å²) in [6, 6.07) is 13.9. The lowest BCUT2D eigenvalue weighted by Gasteiger charge is -2.32. The number of unbranched alkanes of at least 4 members (excludes halogenated alkanes) is 1. The van der Waals surface area contributed by atoms with E-state index < -0.39 is 0 Å². The Hall–Kier alpha value is -2.95. The molecule has 1 saturated heterocycles. The zero-order valence-electron chi connectivity index (χ0n) is 17.8. The number of aromatic nitrogens is 1. The molecular formula is C25H30N2O3. The third-order valence-electron chi connectivity index (χ3n) is 6.01. The number of carbonyl (C=O) groups excluding carboxylic acids is 1. The normalized spacial score (nSPS) is 14.8. The molecule has 1 aliphatic rings. The molecule has 0 spiro atoms. The van der Waals surface area contributed by atoms with Crippen LogP contribution < -0.4 is 9.47 Å². The van der Waals surface area contributed by atoms with E-state index in [1.807, 2.05) is 17.0 Å². The van der Waals surface area contributed by atoms with Gasteiger partial charge in [0.1, 0.15) is 0 Å². The predicted octanol–water partition coefficient (Wildman–Crippen LogP) is 5.38. The summed E-state index contributed by atoms with van der Waals surface area (Å²) in [5, 5.41) is 1.30. The van der Waals surface area contributed by atoms with Crippen LogP contribution in [-0.4, -0.2) is 42.6 Å². The molecular weight excluding hydrogens is 376 g/mol. The van der Waals surface area contributed by atoms with Gasteiger partial charge < -0.3 is 19.4 Å². The van der Waals surface area contributed by atoms with Gasteiger partial charge in [0.2, 0.25) is 0 Å². The molecule has 1 amide bonds. The summed E-state index contributed by atoms with van der Waals surface area (Å²) in [5.41, 5.74) is 3.20. The van der Waals surface area contributed by atoms with Crippen LogP contribution in [0.25, 0.3) is 10.9 Å². The molecule has 2 aromatic carbocycles. The molecule has 4 rings (SSSR count). The van der Waals surface area contributed by atoms with Crippen molar-refractivity contribution in [2.45, 2.75) is 38.5 Å². The van der Waals surface area contributed by atoms with Crippen LogP contribution in [0.4, 0.5) is 0 Å². The maximum atomic E-state index is 13.1. The number of hydrogen-bond acceptors (Lipinski definition) is 3. The second-order valence-electron chi connectivity index (χ2n) is 7.92. The number of rotatable bonds is 7. The second-order valence-corrected chi connectivity index (χ2v) is 7.92. The molecule has 0 unspecified atom stereocenters. The third kappa shape index (κ3) is 4.16. The maximum Gasteiger partial charge on any atom is 0.253 e. The molecule has 1 aliphatic heterocycles. The average Bonchev–Trinajstić information content (AvgIpc) is 3.23. The Morgan fingerprint density at radius 2 is 1.93 bits per heavy atom. The zero-order valence-corrected chi connectivity index (χ0v) is 17.8. The Kier molecular flexibility index (Phi) is 6.26. The molecule has 2 heterocycles. The summed E-state index contributed by atoms with van der Waals surface area (Å²) in [7, 11) is 1.61. The summed E-state index contributed by atoms with van der Waals surface area (Å²) in [5.74, 6) is 1.85. The highest BCUT2D eigenvalue weighted by Crippen LogP contribution is 2.34. The van der Waals surface area contributed by atoms with Gasteiger partial charge in [-0.1, -0.05) is 31.5 Å². The number of ether oxygens (including phenoxy) is 2. The quantitative estimate of drug-likeness (QED) is 0.536. The first-order chi connectivity index (χ1) is 14.7. The number of carbonyl (C=O) groups is 1. The molecule has 1 fully saturated rings. The zero-order chi connectivity index (χ0) is 20.9. The number of piperidine rings is 1. The molecule has 5 nitrogen and oxygen atoms in total. The molecule has 0 atom stereocenters. The summed E-state index contributed by atoms with van der Waals surface area (Å²) in [6.45, 7) is 4.31. The van der Waals surface area contributed by atoms with Crippen LogP contribution in [0.3, 0.4) is 0 Å². The second kappa shape index (κ2) is 9.24. The monoisotopic (exact) mass is 406 g/mol. The number of amides is 1. The van der Waals surface area contributed by atoms with Gasteiger partial charge >= 0.3 is 0 Å². The molecule has 0 radical (unpaired) electrons. The summed E-state index contributed by atoms with van der Waals surface area (Å²) in [6.07, 6.45) is 6.16. The molecule has 3 aromatic rings. The van der Waals surface area contributed by atoms with Crippen molar-refractivity contribution in [1.82, 2.24) is 9.88 Å². The van der Waals surface area contributed by atoms with Crippen molar-refractivity contribution in [2.75, 3.05) is 26.8 Å². The van der Waals surface area contributed by atoms with Gasteiger partial charge in [0.25, 0.3) is 5.91 Å². The number of H-pyrrole nitrogens is 1. The molecule has 158 valence electrons. The van der Waals surface area contributed by atoms with Crippen LogP contribution in [0.1, 0.15) is 54.4 Å². The van der Waals surface area contributed by atoms with E-state index in [4.69, 9.17) is 9.47 Å². The SMILES string of the molecule is CCCCOc1ccc(C(=O)N2CCC(c3c[nH]c4ccccc34)CC2)cc1OC. The van der Waals surface area contributed by atoms with E-state index in [-0.39, 0.29) is 5.91 Å².